The van der Waals surface area contributed by atoms with Crippen molar-refractivity contribution in [2.75, 3.05) is 0 Å². The van der Waals surface area contributed by atoms with Crippen molar-refractivity contribution >= 4 is 73.9 Å². The number of carbonyl (C=O) groups is 7. The van der Waals surface area contributed by atoms with Gasteiger partial charge >= 0.3 is 0 Å². The first-order valence-corrected chi connectivity index (χ1v) is 31.8. The number of aldehydes is 7. The summed E-state index contributed by atoms with van der Waals surface area (Å²) in [5.74, 6) is 0.786. The Morgan fingerprint density at radius 2 is 0.883 bits per heavy atom. The highest BCUT2D eigenvalue weighted by Gasteiger charge is 2.03. The Morgan fingerprint density at radius 3 is 1.31 bits per heavy atom. The smallest absolute Gasteiger partial charge is 0.143 e. The van der Waals surface area contributed by atoms with Gasteiger partial charge in [0.25, 0.3) is 0 Å². The number of hydrogen-bond donors (Lipinski definition) is 0. The van der Waals surface area contributed by atoms with Crippen LogP contribution in [0.4, 0.5) is 0 Å². The van der Waals surface area contributed by atoms with E-state index in [0.717, 1.165) is 112 Å². The monoisotopic (exact) mass is 1260 g/mol. The molecule has 0 fully saturated rings. The van der Waals surface area contributed by atoms with Gasteiger partial charge in [0.15, 0.2) is 0 Å². The van der Waals surface area contributed by atoms with E-state index >= 15 is 0 Å². The van der Waals surface area contributed by atoms with Crippen molar-refractivity contribution < 1.29 is 38.0 Å². The molecule has 0 aliphatic heterocycles. The Balaban J connectivity index is 0.00000108. The SMILES string of the molecule is CC(=C/C=O)/C=C/C(C)(C)C.CC(=C/C=O)/C=C/C1=CCCCC1.CC(=C/C=O)/C=C/c1c(C)cc(C)cc1C.CC(=C/C=O)/C=C/c1ccccc1.CC(=C/C=O)/C=C/c1ccco1.CCCC/C=C/C(C)=C\C=O.O=C/C=C(\C=C\c1ccccc1)c1ccccc1. The third-order valence-electron chi connectivity index (χ3n) is 13.1. The number of allylic oxidation sites excluding steroid dienone is 26. The molecule has 0 saturated carbocycles. The van der Waals surface area contributed by atoms with Crippen molar-refractivity contribution in [3.05, 3.63) is 315 Å². The molecule has 0 radical (unpaired) electrons. The van der Waals surface area contributed by atoms with Gasteiger partial charge < -0.3 is 4.42 Å². The third kappa shape index (κ3) is 46.9. The van der Waals surface area contributed by atoms with E-state index in [1.165, 1.54) is 72.4 Å². The maximum absolute atomic E-state index is 10.7. The fourth-order valence-electron chi connectivity index (χ4n) is 7.97. The Hall–Kier alpha value is -10.1. The quantitative estimate of drug-likeness (QED) is 0.0273. The lowest BCUT2D eigenvalue weighted by atomic mass is 9.95. The van der Waals surface area contributed by atoms with E-state index in [-0.39, 0.29) is 5.41 Å². The van der Waals surface area contributed by atoms with Crippen LogP contribution in [0.3, 0.4) is 0 Å². The minimum atomic E-state index is 0.192. The summed E-state index contributed by atoms with van der Waals surface area (Å²) in [7, 11) is 0. The molecule has 0 atom stereocenters. The second-order valence-electron chi connectivity index (χ2n) is 23.0. The number of unbranched alkanes of at least 4 members (excludes halogenated alkanes) is 2. The molecule has 0 spiro atoms. The summed E-state index contributed by atoms with van der Waals surface area (Å²) in [5, 5.41) is 0. The molecular formula is C86H102O8. The van der Waals surface area contributed by atoms with E-state index in [1.54, 1.807) is 42.7 Å². The molecule has 5 aromatic rings. The lowest BCUT2D eigenvalue weighted by Gasteiger charge is -2.10. The minimum Gasteiger partial charge on any atom is -0.465 e. The first-order valence-electron chi connectivity index (χ1n) is 31.8. The van der Waals surface area contributed by atoms with Crippen molar-refractivity contribution in [3.63, 3.8) is 0 Å². The van der Waals surface area contributed by atoms with E-state index in [0.29, 0.717) is 0 Å². The maximum Gasteiger partial charge on any atom is 0.143 e. The molecule has 0 bridgehead atoms. The van der Waals surface area contributed by atoms with Gasteiger partial charge in [-0.3, -0.25) is 33.6 Å². The topological polar surface area (TPSA) is 133 Å². The molecule has 94 heavy (non-hydrogen) atoms. The highest BCUT2D eigenvalue weighted by molar-refractivity contribution is 5.88. The summed E-state index contributed by atoms with van der Waals surface area (Å²) < 4.78 is 5.06. The van der Waals surface area contributed by atoms with Crippen molar-refractivity contribution in [3.8, 4) is 0 Å². The molecule has 0 amide bonds. The fraction of sp³-hybridized carbons (Fsp3) is 0.244. The van der Waals surface area contributed by atoms with E-state index in [4.69, 9.17) is 4.42 Å². The van der Waals surface area contributed by atoms with Crippen LogP contribution in [0.25, 0.3) is 29.9 Å². The van der Waals surface area contributed by atoms with Crippen molar-refractivity contribution in [1.29, 1.82) is 0 Å². The van der Waals surface area contributed by atoms with Crippen LogP contribution in [0.2, 0.25) is 0 Å². The molecular weight excluding hydrogens is 1160 g/mol. The van der Waals surface area contributed by atoms with Crippen LogP contribution >= 0.6 is 0 Å². The molecule has 1 aliphatic rings. The van der Waals surface area contributed by atoms with E-state index in [1.807, 2.05) is 205 Å². The third-order valence-corrected chi connectivity index (χ3v) is 13.1. The lowest BCUT2D eigenvalue weighted by molar-refractivity contribution is -0.104. The molecule has 8 nitrogen and oxygen atoms in total. The second-order valence-corrected chi connectivity index (χ2v) is 23.0. The van der Waals surface area contributed by atoms with Gasteiger partial charge in [-0.25, -0.2) is 0 Å². The highest BCUT2D eigenvalue weighted by atomic mass is 16.3. The van der Waals surface area contributed by atoms with Gasteiger partial charge in [-0.15, -0.1) is 0 Å². The number of benzene rings is 4. The van der Waals surface area contributed by atoms with Gasteiger partial charge in [0, 0.05) is 0 Å². The van der Waals surface area contributed by atoms with Gasteiger partial charge in [-0.2, -0.15) is 0 Å². The number of hydrogen-bond acceptors (Lipinski definition) is 8. The average molecular weight is 1260 g/mol. The normalized spacial score (nSPS) is 13.2. The van der Waals surface area contributed by atoms with E-state index < -0.39 is 0 Å². The summed E-state index contributed by atoms with van der Waals surface area (Å²) in [5.41, 5.74) is 16.7. The molecule has 8 heteroatoms. The molecule has 1 aliphatic carbocycles. The Morgan fingerprint density at radius 1 is 0.457 bits per heavy atom. The zero-order valence-electron chi connectivity index (χ0n) is 58.0. The van der Waals surface area contributed by atoms with Gasteiger partial charge in [-0.1, -0.05) is 240 Å². The number of aryl methyl sites for hydroxylation is 3. The van der Waals surface area contributed by atoms with Gasteiger partial charge in [0.2, 0.25) is 0 Å². The molecule has 0 unspecified atom stereocenters. The summed E-state index contributed by atoms with van der Waals surface area (Å²) in [6, 6.07) is 37.9. The van der Waals surface area contributed by atoms with Crippen LogP contribution in [0.1, 0.15) is 159 Å². The summed E-state index contributed by atoms with van der Waals surface area (Å²) in [6.45, 7) is 26.3. The Labute approximate surface area is 563 Å². The molecule has 0 saturated heterocycles. The Kier molecular flexibility index (Phi) is 48.8. The molecule has 6 rings (SSSR count). The summed E-state index contributed by atoms with van der Waals surface area (Å²) in [4.78, 5) is 71.3. The summed E-state index contributed by atoms with van der Waals surface area (Å²) >= 11 is 0. The number of rotatable bonds is 23. The van der Waals surface area contributed by atoms with E-state index in [9.17, 15) is 33.6 Å². The zero-order chi connectivity index (χ0) is 70.0. The molecule has 1 heterocycles. The van der Waals surface area contributed by atoms with Gasteiger partial charge in [0.05, 0.1) is 6.26 Å². The number of carbonyl (C=O) groups excluding carboxylic acids is 7. The Bertz CT molecular complexity index is 3450. The van der Waals surface area contributed by atoms with Gasteiger partial charge in [-0.05, 0) is 233 Å². The molecule has 4 aromatic carbocycles. The standard InChI is InChI=1S/C17H14O.C15H18O.C12H16O.C12H12O.C10H10O2.2C10H16O/c18-14-13-17(16-9-5-2-6-10-16)12-11-15-7-3-1-4-8-15;1-11(7-8-16)5-6-15-13(3)9-12(2)10-14(15)4;2*1-11(9-10-13)7-8-12-5-3-2-4-6-12;1-9(6-7-11)4-5-10-3-2-8-12-10;1-9(6-8-11)5-7-10(2,3)4;1-3-4-5-6-7-10(2)8-9-11/h1-14H;5-10H,1-4H3;5,7-10H,2-4,6H2,1H3;2-10H,1H3;2-8H,1H3;5-8H,1-4H3;6-9H,3-5H2,1-2H3/b12-11+,17-13+;6-5+,11-7-;2*8-7+,11-9-;5-4+,9-6-;7-5+,9-6-;7-6+,10-8-. The highest BCUT2D eigenvalue weighted by Crippen LogP contribution is 2.21. The fourth-order valence-corrected chi connectivity index (χ4v) is 7.97. The zero-order valence-corrected chi connectivity index (χ0v) is 58.0. The van der Waals surface area contributed by atoms with Crippen LogP contribution in [0.15, 0.2) is 274 Å². The molecule has 0 N–H and O–H groups in total. The van der Waals surface area contributed by atoms with Gasteiger partial charge in [0.1, 0.15) is 49.8 Å². The lowest BCUT2D eigenvalue weighted by Crippen LogP contribution is -1.98. The first-order chi connectivity index (χ1) is 45.2. The minimum absolute atomic E-state index is 0.192. The van der Waals surface area contributed by atoms with E-state index in [2.05, 4.69) is 91.0 Å². The summed E-state index contributed by atoms with van der Waals surface area (Å²) in [6.07, 6.45) is 56.8. The molecule has 494 valence electrons. The predicted octanol–water partition coefficient (Wildman–Crippen LogP) is 21.8. The van der Waals surface area contributed by atoms with Crippen LogP contribution in [-0.2, 0) is 33.6 Å². The molecule has 1 aromatic heterocycles. The number of furan rings is 1. The maximum atomic E-state index is 10.7. The first kappa shape index (κ1) is 83.9. The predicted molar refractivity (Wildman–Crippen MR) is 401 cm³/mol. The van der Waals surface area contributed by atoms with Crippen LogP contribution in [0, 0.1) is 26.2 Å². The van der Waals surface area contributed by atoms with Crippen LogP contribution in [-0.4, -0.2) is 44.0 Å². The van der Waals surface area contributed by atoms with Crippen molar-refractivity contribution in [1.82, 2.24) is 0 Å². The van der Waals surface area contributed by atoms with Crippen molar-refractivity contribution in [2.45, 2.75) is 135 Å². The van der Waals surface area contributed by atoms with Crippen LogP contribution < -0.4 is 0 Å². The average Bonchev–Trinajstić information content (AvgIpc) is 1.04. The second kappa shape index (κ2) is 54.7. The van der Waals surface area contributed by atoms with Crippen LogP contribution in [0.5, 0.6) is 0 Å². The van der Waals surface area contributed by atoms with Crippen molar-refractivity contribution in [2.24, 2.45) is 5.41 Å². The largest absolute Gasteiger partial charge is 0.465 e.